The maximum Gasteiger partial charge on any atom is 0.344 e. The molecule has 1 aromatic heterocycles. The van der Waals surface area contributed by atoms with Gasteiger partial charge in [-0.1, -0.05) is 11.6 Å². The lowest BCUT2D eigenvalue weighted by Gasteiger charge is -2.33. The van der Waals surface area contributed by atoms with Crippen LogP contribution in [0, 0.1) is 17.3 Å². The minimum absolute atomic E-state index is 0.0942. The first kappa shape index (κ1) is 25.6. The van der Waals surface area contributed by atoms with Gasteiger partial charge < -0.3 is 19.4 Å². The summed E-state index contributed by atoms with van der Waals surface area (Å²) < 4.78 is 6.97. The third-order valence-electron chi connectivity index (χ3n) is 9.16. The van der Waals surface area contributed by atoms with Crippen molar-refractivity contribution in [3.63, 3.8) is 0 Å². The molecule has 4 aliphatic rings. The molecule has 1 spiro atoms. The van der Waals surface area contributed by atoms with Gasteiger partial charge in [-0.05, 0) is 60.3 Å². The predicted octanol–water partition coefficient (Wildman–Crippen LogP) is 3.56. The molecule has 0 saturated carbocycles. The van der Waals surface area contributed by atoms with Gasteiger partial charge in [-0.2, -0.15) is 9.78 Å². The number of carbonyl (C=O) groups is 2. The standard InChI is InChI=1S/C28H37ClN6O3/c1-20(36)31(2)26-12-30-35(18-26)27(37)34-16-22-14-32(15-23(22)17-34)13-21-9-24(29)11-25(10-21)33-6-3-28(19-33)4-7-38-8-5-28/h9-12,18,22-23H,3-8,13-17,19H2,1-2H3. The number of benzene rings is 1. The number of anilines is 2. The van der Waals surface area contributed by atoms with Crippen LogP contribution in [0.25, 0.3) is 0 Å². The third-order valence-corrected chi connectivity index (χ3v) is 9.38. The van der Waals surface area contributed by atoms with Gasteiger partial charge in [0.15, 0.2) is 0 Å². The molecule has 6 rings (SSSR count). The van der Waals surface area contributed by atoms with Gasteiger partial charge in [0.2, 0.25) is 5.91 Å². The number of fused-ring (bicyclic) bond motifs is 1. The van der Waals surface area contributed by atoms with Gasteiger partial charge in [-0.3, -0.25) is 9.69 Å². The zero-order chi connectivity index (χ0) is 26.4. The lowest BCUT2D eigenvalue weighted by Crippen LogP contribution is -2.36. The summed E-state index contributed by atoms with van der Waals surface area (Å²) in [6.45, 7) is 9.73. The summed E-state index contributed by atoms with van der Waals surface area (Å²) in [5, 5.41) is 5.01. The number of carbonyl (C=O) groups excluding carboxylic acids is 2. The summed E-state index contributed by atoms with van der Waals surface area (Å²) in [5.74, 6) is 0.822. The Morgan fingerprint density at radius 3 is 2.55 bits per heavy atom. The molecule has 0 N–H and O–H groups in total. The van der Waals surface area contributed by atoms with Crippen molar-refractivity contribution in [2.24, 2.45) is 17.3 Å². The van der Waals surface area contributed by atoms with Crippen molar-refractivity contribution in [2.75, 3.05) is 69.3 Å². The summed E-state index contributed by atoms with van der Waals surface area (Å²) in [5.41, 5.74) is 3.51. The molecule has 0 aliphatic carbocycles. The topological polar surface area (TPSA) is 74.2 Å². The molecule has 9 nitrogen and oxygen atoms in total. The van der Waals surface area contributed by atoms with E-state index in [1.807, 2.05) is 4.90 Å². The number of likely N-dealkylation sites (tertiary alicyclic amines) is 2. The molecule has 204 valence electrons. The number of rotatable bonds is 4. The van der Waals surface area contributed by atoms with Crippen LogP contribution in [-0.4, -0.2) is 91.0 Å². The van der Waals surface area contributed by atoms with Crippen LogP contribution in [0.2, 0.25) is 5.02 Å². The van der Waals surface area contributed by atoms with E-state index in [0.717, 1.165) is 76.9 Å². The number of hydrogen-bond acceptors (Lipinski definition) is 6. The van der Waals surface area contributed by atoms with E-state index < -0.39 is 0 Å². The highest BCUT2D eigenvalue weighted by Gasteiger charge is 2.42. The minimum Gasteiger partial charge on any atom is -0.381 e. The quantitative estimate of drug-likeness (QED) is 0.590. The summed E-state index contributed by atoms with van der Waals surface area (Å²) in [7, 11) is 1.68. The predicted molar refractivity (Wildman–Crippen MR) is 147 cm³/mol. The Morgan fingerprint density at radius 2 is 1.84 bits per heavy atom. The molecule has 0 bridgehead atoms. The fourth-order valence-electron chi connectivity index (χ4n) is 6.83. The first-order chi connectivity index (χ1) is 18.3. The van der Waals surface area contributed by atoms with Gasteiger partial charge in [0, 0.05) is 83.7 Å². The van der Waals surface area contributed by atoms with Crippen LogP contribution in [0.15, 0.2) is 30.6 Å². The van der Waals surface area contributed by atoms with Gasteiger partial charge in [0.05, 0.1) is 18.1 Å². The Bertz CT molecular complexity index is 1200. The number of nitrogens with zero attached hydrogens (tertiary/aromatic N) is 6. The van der Waals surface area contributed by atoms with Gasteiger partial charge >= 0.3 is 6.03 Å². The third kappa shape index (κ3) is 5.03. The molecule has 0 radical (unpaired) electrons. The molecule has 2 atom stereocenters. The lowest BCUT2D eigenvalue weighted by atomic mass is 9.80. The van der Waals surface area contributed by atoms with Gasteiger partial charge in [0.1, 0.15) is 0 Å². The molecule has 5 heterocycles. The Morgan fingerprint density at radius 1 is 1.11 bits per heavy atom. The van der Waals surface area contributed by atoms with Crippen molar-refractivity contribution in [3.05, 3.63) is 41.2 Å². The molecule has 2 aromatic rings. The molecular formula is C28H37ClN6O3. The van der Waals surface area contributed by atoms with Gasteiger partial charge in [-0.15, -0.1) is 0 Å². The summed E-state index contributed by atoms with van der Waals surface area (Å²) in [6.07, 6.45) is 6.73. The van der Waals surface area contributed by atoms with Crippen molar-refractivity contribution >= 4 is 34.9 Å². The molecule has 1 aromatic carbocycles. The minimum atomic E-state index is -0.124. The number of aromatic nitrogens is 2. The Labute approximate surface area is 229 Å². The van der Waals surface area contributed by atoms with E-state index in [1.165, 1.54) is 34.2 Å². The smallest absolute Gasteiger partial charge is 0.344 e. The van der Waals surface area contributed by atoms with Crippen LogP contribution in [0.5, 0.6) is 0 Å². The molecule has 4 fully saturated rings. The number of hydrogen-bond donors (Lipinski definition) is 0. The average molecular weight is 541 g/mol. The van der Waals surface area contributed by atoms with Crippen molar-refractivity contribution in [1.82, 2.24) is 19.6 Å². The number of ether oxygens (including phenoxy) is 1. The Balaban J connectivity index is 1.05. The van der Waals surface area contributed by atoms with E-state index in [4.69, 9.17) is 16.3 Å². The zero-order valence-corrected chi connectivity index (χ0v) is 23.1. The van der Waals surface area contributed by atoms with Crippen LogP contribution in [0.1, 0.15) is 31.7 Å². The number of amides is 2. The normalized spacial score (nSPS) is 24.8. The maximum atomic E-state index is 13.1. The van der Waals surface area contributed by atoms with Crippen molar-refractivity contribution in [3.8, 4) is 0 Å². The zero-order valence-electron chi connectivity index (χ0n) is 22.3. The fourth-order valence-corrected chi connectivity index (χ4v) is 7.08. The van der Waals surface area contributed by atoms with Crippen LogP contribution in [0.3, 0.4) is 0 Å². The van der Waals surface area contributed by atoms with E-state index in [0.29, 0.717) is 22.9 Å². The maximum absolute atomic E-state index is 13.1. The van der Waals surface area contributed by atoms with Gasteiger partial charge in [-0.25, -0.2) is 4.79 Å². The van der Waals surface area contributed by atoms with E-state index in [2.05, 4.69) is 33.1 Å². The lowest BCUT2D eigenvalue weighted by molar-refractivity contribution is -0.116. The van der Waals surface area contributed by atoms with Crippen LogP contribution >= 0.6 is 11.6 Å². The largest absolute Gasteiger partial charge is 0.381 e. The highest BCUT2D eigenvalue weighted by atomic mass is 35.5. The average Bonchev–Trinajstić information content (AvgIpc) is 3.67. The highest BCUT2D eigenvalue weighted by Crippen LogP contribution is 2.42. The Kier molecular flexibility index (Phi) is 6.86. The van der Waals surface area contributed by atoms with Gasteiger partial charge in [0.25, 0.3) is 0 Å². The number of halogens is 1. The summed E-state index contributed by atoms with van der Waals surface area (Å²) in [6, 6.07) is 6.41. The molecule has 4 saturated heterocycles. The van der Waals surface area contributed by atoms with Crippen molar-refractivity contribution in [2.45, 2.75) is 32.7 Å². The van der Waals surface area contributed by atoms with E-state index in [1.54, 1.807) is 19.4 Å². The second-order valence-electron chi connectivity index (χ2n) is 11.7. The second-order valence-corrected chi connectivity index (χ2v) is 12.2. The molecular weight excluding hydrogens is 504 g/mol. The second kappa shape index (κ2) is 10.2. The van der Waals surface area contributed by atoms with Crippen LogP contribution in [0.4, 0.5) is 16.2 Å². The molecule has 2 amide bonds. The van der Waals surface area contributed by atoms with E-state index in [-0.39, 0.29) is 11.9 Å². The molecule has 4 aliphatic heterocycles. The van der Waals surface area contributed by atoms with E-state index in [9.17, 15) is 9.59 Å². The fraction of sp³-hybridized carbons (Fsp3) is 0.607. The monoisotopic (exact) mass is 540 g/mol. The van der Waals surface area contributed by atoms with Crippen LogP contribution < -0.4 is 9.80 Å². The summed E-state index contributed by atoms with van der Waals surface area (Å²) >= 11 is 6.60. The van der Waals surface area contributed by atoms with Crippen molar-refractivity contribution < 1.29 is 14.3 Å². The van der Waals surface area contributed by atoms with Crippen LogP contribution in [-0.2, 0) is 16.1 Å². The SMILES string of the molecule is CC(=O)N(C)c1cnn(C(=O)N2CC3CN(Cc4cc(Cl)cc(N5CCC6(CCOCC6)C5)c4)CC3C2)c1. The highest BCUT2D eigenvalue weighted by molar-refractivity contribution is 6.30. The van der Waals surface area contributed by atoms with Crippen molar-refractivity contribution in [1.29, 1.82) is 0 Å². The first-order valence-electron chi connectivity index (χ1n) is 13.7. The molecule has 38 heavy (non-hydrogen) atoms. The Hall–Kier alpha value is -2.62. The summed E-state index contributed by atoms with van der Waals surface area (Å²) in [4.78, 5) is 33.1. The molecule has 10 heteroatoms. The molecule has 2 unspecified atom stereocenters. The van der Waals surface area contributed by atoms with E-state index >= 15 is 0 Å². The first-order valence-corrected chi connectivity index (χ1v) is 14.1.